The summed E-state index contributed by atoms with van der Waals surface area (Å²) in [5.41, 5.74) is 6.76. The molecule has 1 rings (SSSR count). The number of hydrogen-bond acceptors (Lipinski definition) is 2. The van der Waals surface area contributed by atoms with Crippen LogP contribution in [0.1, 0.15) is 25.8 Å². The Kier molecular flexibility index (Phi) is 5.35. The van der Waals surface area contributed by atoms with Crippen molar-refractivity contribution in [2.75, 3.05) is 20.1 Å². The van der Waals surface area contributed by atoms with Gasteiger partial charge >= 0.3 is 0 Å². The Morgan fingerprint density at radius 2 is 1.83 bits per heavy atom. The molecule has 0 amide bonds. The minimum Gasteiger partial charge on any atom is -0.387 e. The summed E-state index contributed by atoms with van der Waals surface area (Å²) in [5, 5.41) is 7.54. The van der Waals surface area contributed by atoms with Crippen molar-refractivity contribution in [1.29, 1.82) is 5.41 Å². The molecule has 0 saturated carbocycles. The van der Waals surface area contributed by atoms with Crippen LogP contribution in [0.4, 0.5) is 0 Å². The summed E-state index contributed by atoms with van der Waals surface area (Å²) in [6, 6.07) is 10.5. The van der Waals surface area contributed by atoms with Crippen LogP contribution in [0, 0.1) is 10.8 Å². The number of amidine groups is 1. The quantitative estimate of drug-likeness (QED) is 0.574. The van der Waals surface area contributed by atoms with Gasteiger partial charge in [0, 0.05) is 12.0 Å². The number of nitrogens with one attached hydrogen (secondary N) is 1. The van der Waals surface area contributed by atoms with Crippen molar-refractivity contribution >= 4 is 5.84 Å². The highest BCUT2D eigenvalue weighted by atomic mass is 15.1. The van der Waals surface area contributed by atoms with E-state index >= 15 is 0 Å². The summed E-state index contributed by atoms with van der Waals surface area (Å²) in [6.07, 6.45) is 1.99. The normalized spacial score (nSPS) is 11.8. The number of nitrogens with zero attached hydrogens (tertiary/aromatic N) is 1. The highest BCUT2D eigenvalue weighted by Crippen LogP contribution is 2.19. The van der Waals surface area contributed by atoms with Crippen molar-refractivity contribution in [3.63, 3.8) is 0 Å². The molecule has 0 aliphatic heterocycles. The third kappa shape index (κ3) is 4.88. The van der Waals surface area contributed by atoms with Gasteiger partial charge in [-0.15, -0.1) is 0 Å². The topological polar surface area (TPSA) is 53.1 Å². The molecule has 3 nitrogen and oxygen atoms in total. The predicted octanol–water partition coefficient (Wildman–Crippen LogP) is 2.51. The van der Waals surface area contributed by atoms with Crippen LogP contribution in [0.5, 0.6) is 0 Å². The monoisotopic (exact) mass is 247 g/mol. The summed E-state index contributed by atoms with van der Waals surface area (Å²) in [5.74, 6) is 0.277. The van der Waals surface area contributed by atoms with E-state index in [1.165, 1.54) is 5.56 Å². The zero-order valence-corrected chi connectivity index (χ0v) is 11.7. The molecular weight excluding hydrogens is 222 g/mol. The van der Waals surface area contributed by atoms with Crippen LogP contribution in [0.2, 0.25) is 0 Å². The van der Waals surface area contributed by atoms with Crippen LogP contribution in [-0.4, -0.2) is 30.9 Å². The molecule has 0 unspecified atom stereocenters. The zero-order valence-electron chi connectivity index (χ0n) is 11.7. The summed E-state index contributed by atoms with van der Waals surface area (Å²) < 4.78 is 0. The number of benzene rings is 1. The third-order valence-electron chi connectivity index (χ3n) is 3.47. The number of likely N-dealkylation sites (N-methyl/N-ethyl adjacent to an activating group) is 1. The fourth-order valence-electron chi connectivity index (χ4n) is 1.68. The van der Waals surface area contributed by atoms with E-state index in [-0.39, 0.29) is 11.3 Å². The highest BCUT2D eigenvalue weighted by Gasteiger charge is 2.21. The molecule has 0 aliphatic carbocycles. The van der Waals surface area contributed by atoms with Gasteiger partial charge in [-0.2, -0.15) is 0 Å². The highest BCUT2D eigenvalue weighted by molar-refractivity contribution is 5.82. The van der Waals surface area contributed by atoms with Gasteiger partial charge in [0.15, 0.2) is 0 Å². The van der Waals surface area contributed by atoms with E-state index in [9.17, 15) is 0 Å². The lowest BCUT2D eigenvalue weighted by atomic mass is 9.88. The maximum Gasteiger partial charge on any atom is 0.0963 e. The van der Waals surface area contributed by atoms with Crippen LogP contribution in [0.3, 0.4) is 0 Å². The number of hydrogen-bond donors (Lipinski definition) is 2. The lowest BCUT2D eigenvalue weighted by Gasteiger charge is -2.26. The van der Waals surface area contributed by atoms with Gasteiger partial charge in [-0.1, -0.05) is 44.2 Å². The first-order valence-electron chi connectivity index (χ1n) is 6.49. The standard InChI is InChI=1S/C15H25N3/c1-15(2,14(16)17)10-12-18(3)11-9-13-7-5-4-6-8-13/h4-8H,9-12H2,1-3H3,(H3,16,17). The molecule has 0 atom stereocenters. The second-order valence-corrected chi connectivity index (χ2v) is 5.59. The lowest BCUT2D eigenvalue weighted by molar-refractivity contribution is 0.293. The van der Waals surface area contributed by atoms with E-state index in [0.29, 0.717) is 0 Å². The average Bonchev–Trinajstić information content (AvgIpc) is 2.35. The number of nitrogens with two attached hydrogens (primary N) is 1. The molecule has 0 radical (unpaired) electrons. The average molecular weight is 247 g/mol. The molecule has 3 N–H and O–H groups in total. The Morgan fingerprint density at radius 3 is 2.39 bits per heavy atom. The van der Waals surface area contributed by atoms with E-state index in [0.717, 1.165) is 25.9 Å². The van der Waals surface area contributed by atoms with Crippen molar-refractivity contribution < 1.29 is 0 Å². The predicted molar refractivity (Wildman–Crippen MR) is 78.0 cm³/mol. The van der Waals surface area contributed by atoms with Crippen molar-refractivity contribution in [2.24, 2.45) is 11.1 Å². The van der Waals surface area contributed by atoms with E-state index in [2.05, 4.69) is 36.2 Å². The fraction of sp³-hybridized carbons (Fsp3) is 0.533. The van der Waals surface area contributed by atoms with Gasteiger partial charge in [0.2, 0.25) is 0 Å². The van der Waals surface area contributed by atoms with Gasteiger partial charge in [-0.3, -0.25) is 5.41 Å². The summed E-state index contributed by atoms with van der Waals surface area (Å²) >= 11 is 0. The Bertz CT molecular complexity index is 371. The largest absolute Gasteiger partial charge is 0.387 e. The van der Waals surface area contributed by atoms with Crippen LogP contribution < -0.4 is 5.73 Å². The second-order valence-electron chi connectivity index (χ2n) is 5.59. The van der Waals surface area contributed by atoms with E-state index in [4.69, 9.17) is 11.1 Å². The maximum atomic E-state index is 7.54. The minimum absolute atomic E-state index is 0.193. The summed E-state index contributed by atoms with van der Waals surface area (Å²) in [4.78, 5) is 2.30. The molecular formula is C15H25N3. The molecule has 0 saturated heterocycles. The van der Waals surface area contributed by atoms with Crippen LogP contribution in [0.15, 0.2) is 30.3 Å². The molecule has 0 fully saturated rings. The molecule has 3 heteroatoms. The van der Waals surface area contributed by atoms with Gasteiger partial charge in [-0.05, 0) is 32.0 Å². The van der Waals surface area contributed by atoms with Gasteiger partial charge in [-0.25, -0.2) is 0 Å². The van der Waals surface area contributed by atoms with Crippen molar-refractivity contribution in [3.8, 4) is 0 Å². The second kappa shape index (κ2) is 6.55. The van der Waals surface area contributed by atoms with Gasteiger partial charge < -0.3 is 10.6 Å². The van der Waals surface area contributed by atoms with E-state index in [1.54, 1.807) is 0 Å². The van der Waals surface area contributed by atoms with Gasteiger partial charge in [0.1, 0.15) is 0 Å². The third-order valence-corrected chi connectivity index (χ3v) is 3.47. The van der Waals surface area contributed by atoms with Crippen molar-refractivity contribution in [2.45, 2.75) is 26.7 Å². The van der Waals surface area contributed by atoms with Crippen LogP contribution in [0.25, 0.3) is 0 Å². The summed E-state index contributed by atoms with van der Waals surface area (Å²) in [6.45, 7) is 6.07. The van der Waals surface area contributed by atoms with E-state index in [1.807, 2.05) is 19.9 Å². The fourth-order valence-corrected chi connectivity index (χ4v) is 1.68. The first kappa shape index (κ1) is 14.7. The molecule has 100 valence electrons. The first-order chi connectivity index (χ1) is 8.42. The van der Waals surface area contributed by atoms with E-state index < -0.39 is 0 Å². The Labute approximate surface area is 111 Å². The summed E-state index contributed by atoms with van der Waals surface area (Å²) in [7, 11) is 2.12. The Balaban J connectivity index is 2.30. The zero-order chi connectivity index (χ0) is 13.6. The molecule has 1 aromatic carbocycles. The molecule has 0 aliphatic rings. The molecule has 0 bridgehead atoms. The van der Waals surface area contributed by atoms with Crippen LogP contribution in [-0.2, 0) is 6.42 Å². The van der Waals surface area contributed by atoms with Gasteiger partial charge in [0.25, 0.3) is 0 Å². The van der Waals surface area contributed by atoms with Crippen molar-refractivity contribution in [3.05, 3.63) is 35.9 Å². The van der Waals surface area contributed by atoms with Crippen molar-refractivity contribution in [1.82, 2.24) is 4.90 Å². The Morgan fingerprint density at radius 1 is 1.22 bits per heavy atom. The Hall–Kier alpha value is -1.35. The van der Waals surface area contributed by atoms with Gasteiger partial charge in [0.05, 0.1) is 5.84 Å². The SMILES string of the molecule is CN(CCc1ccccc1)CCC(C)(C)C(=N)N. The first-order valence-corrected chi connectivity index (χ1v) is 6.49. The molecule has 0 aromatic heterocycles. The molecule has 0 spiro atoms. The smallest absolute Gasteiger partial charge is 0.0963 e. The molecule has 18 heavy (non-hydrogen) atoms. The maximum absolute atomic E-state index is 7.54. The van der Waals surface area contributed by atoms with Crippen LogP contribution >= 0.6 is 0 Å². The lowest BCUT2D eigenvalue weighted by Crippen LogP contribution is -2.35. The number of rotatable bonds is 7. The molecule has 1 aromatic rings. The minimum atomic E-state index is -0.193. The molecule has 0 heterocycles.